The summed E-state index contributed by atoms with van der Waals surface area (Å²) in [5, 5.41) is 7.13. The van der Waals surface area contributed by atoms with Crippen LogP contribution in [0.3, 0.4) is 0 Å². The summed E-state index contributed by atoms with van der Waals surface area (Å²) in [6.45, 7) is 2.04. The zero-order chi connectivity index (χ0) is 19.0. The zero-order valence-corrected chi connectivity index (χ0v) is 16.1. The van der Waals surface area contributed by atoms with E-state index in [9.17, 15) is 9.59 Å². The lowest BCUT2D eigenvalue weighted by molar-refractivity contribution is -0.119. The Balaban J connectivity index is 1.54. The summed E-state index contributed by atoms with van der Waals surface area (Å²) in [4.78, 5) is 26.8. The third kappa shape index (κ3) is 3.81. The molecule has 1 aliphatic carbocycles. The Kier molecular flexibility index (Phi) is 5.08. The van der Waals surface area contributed by atoms with Crippen LogP contribution in [0.15, 0.2) is 53.4 Å². The first-order chi connectivity index (χ1) is 13.0. The molecule has 0 radical (unpaired) electrons. The Hall–Kier alpha value is -2.08. The number of allylic oxidation sites excluding steroid dienone is 2. The van der Waals surface area contributed by atoms with Gasteiger partial charge in [0.2, 0.25) is 5.91 Å². The molecule has 0 bridgehead atoms. The van der Waals surface area contributed by atoms with Crippen LogP contribution in [-0.2, 0) is 4.79 Å². The molecular weight excluding hydrogens is 385 g/mol. The molecule has 7 heteroatoms. The Morgan fingerprint density at radius 2 is 1.89 bits per heavy atom. The highest BCUT2D eigenvalue weighted by atomic mass is 35.5. The molecule has 1 aromatic carbocycles. The molecule has 1 fully saturated rings. The van der Waals surface area contributed by atoms with Crippen molar-refractivity contribution in [3.05, 3.63) is 69.0 Å². The number of hydrogen-bond acceptors (Lipinski definition) is 4. The van der Waals surface area contributed by atoms with Crippen molar-refractivity contribution in [2.45, 2.75) is 18.9 Å². The molecule has 0 spiro atoms. The Labute approximate surface area is 167 Å². The van der Waals surface area contributed by atoms with Gasteiger partial charge in [-0.3, -0.25) is 9.59 Å². The number of hydrogen-bond donors (Lipinski definition) is 2. The second-order valence-corrected chi connectivity index (χ2v) is 7.66. The van der Waals surface area contributed by atoms with Gasteiger partial charge in [-0.1, -0.05) is 41.4 Å². The summed E-state index contributed by atoms with van der Waals surface area (Å²) < 4.78 is 0. The monoisotopic (exact) mass is 403 g/mol. The van der Waals surface area contributed by atoms with Gasteiger partial charge in [0.05, 0.1) is 6.04 Å². The van der Waals surface area contributed by atoms with Crippen molar-refractivity contribution < 1.29 is 9.59 Å². The van der Waals surface area contributed by atoms with E-state index in [1.54, 1.807) is 18.2 Å². The fraction of sp³-hybridized carbons (Fsp3) is 0.300. The quantitative estimate of drug-likeness (QED) is 0.761. The number of nitrogens with one attached hydrogen (secondary N) is 2. The number of piperazine rings is 1. The molecule has 2 N–H and O–H groups in total. The summed E-state index contributed by atoms with van der Waals surface area (Å²) in [7, 11) is 0. The van der Waals surface area contributed by atoms with Gasteiger partial charge in [0.25, 0.3) is 0 Å². The minimum Gasteiger partial charge on any atom is -0.368 e. The maximum Gasteiger partial charge on any atom is 0.228 e. The fourth-order valence-electron chi connectivity index (χ4n) is 3.72. The number of amides is 1. The van der Waals surface area contributed by atoms with Crippen LogP contribution < -0.4 is 10.6 Å². The lowest BCUT2D eigenvalue weighted by atomic mass is 9.95. The van der Waals surface area contributed by atoms with E-state index in [0.29, 0.717) is 35.1 Å². The van der Waals surface area contributed by atoms with Crippen molar-refractivity contribution in [1.29, 1.82) is 0 Å². The molecular formula is C20H19Cl2N3O2. The lowest BCUT2D eigenvalue weighted by Crippen LogP contribution is -2.54. The predicted molar refractivity (Wildman–Crippen MR) is 106 cm³/mol. The number of ketones is 1. The van der Waals surface area contributed by atoms with Crippen molar-refractivity contribution in [2.75, 3.05) is 19.6 Å². The van der Waals surface area contributed by atoms with Crippen molar-refractivity contribution in [2.24, 2.45) is 0 Å². The van der Waals surface area contributed by atoms with Gasteiger partial charge >= 0.3 is 0 Å². The third-order valence-corrected chi connectivity index (χ3v) is 5.38. The SMILES string of the molecule is O=C1CC=C2C(=CCC=C2N2CCNC(C(=O)c3cc(Cl)cc(Cl)c3)C2)N1. The average molecular weight is 404 g/mol. The van der Waals surface area contributed by atoms with Gasteiger partial charge in [0.15, 0.2) is 5.78 Å². The molecule has 3 aliphatic rings. The molecule has 1 saturated heterocycles. The highest BCUT2D eigenvalue weighted by molar-refractivity contribution is 6.35. The van der Waals surface area contributed by atoms with E-state index in [1.165, 1.54) is 0 Å². The van der Waals surface area contributed by atoms with Crippen LogP contribution in [0.4, 0.5) is 0 Å². The maximum atomic E-state index is 12.9. The normalized spacial score (nSPS) is 22.3. The largest absolute Gasteiger partial charge is 0.368 e. The molecule has 2 heterocycles. The Bertz CT molecular complexity index is 884. The van der Waals surface area contributed by atoms with Gasteiger partial charge < -0.3 is 15.5 Å². The molecule has 4 rings (SSSR count). The van der Waals surface area contributed by atoms with Gasteiger partial charge in [-0.2, -0.15) is 0 Å². The molecule has 1 unspecified atom stereocenters. The molecule has 1 aromatic rings. The number of carbonyl (C=O) groups is 2. The fourth-order valence-corrected chi connectivity index (χ4v) is 4.24. The van der Waals surface area contributed by atoms with Gasteiger partial charge in [-0.15, -0.1) is 0 Å². The van der Waals surface area contributed by atoms with Crippen LogP contribution in [-0.4, -0.2) is 42.3 Å². The molecule has 1 atom stereocenters. The van der Waals surface area contributed by atoms with Crippen LogP contribution in [0.5, 0.6) is 0 Å². The summed E-state index contributed by atoms with van der Waals surface area (Å²) >= 11 is 12.1. The standard InChI is InChI=1S/C20H19Cl2N3O2/c21-13-8-12(9-14(22)10-13)20(27)17-11-25(7-6-23-17)18-3-1-2-16-15(18)4-5-19(26)24-16/h2-4,8-10,17,23H,1,5-7,11H2,(H,24,26). The number of Topliss-reactive ketones (excluding diaryl/α,β-unsaturated/α-hetero) is 1. The molecule has 0 saturated carbocycles. The van der Waals surface area contributed by atoms with Gasteiger partial charge in [0, 0.05) is 58.6 Å². The summed E-state index contributed by atoms with van der Waals surface area (Å²) in [5.41, 5.74) is 3.50. The molecule has 1 amide bonds. The first-order valence-electron chi connectivity index (χ1n) is 8.91. The molecule has 5 nitrogen and oxygen atoms in total. The van der Waals surface area contributed by atoms with Crippen LogP contribution in [0.2, 0.25) is 10.0 Å². The van der Waals surface area contributed by atoms with Crippen molar-refractivity contribution in [1.82, 2.24) is 15.5 Å². The second-order valence-electron chi connectivity index (χ2n) is 6.79. The number of nitrogens with zero attached hydrogens (tertiary/aromatic N) is 1. The van der Waals surface area contributed by atoms with Crippen LogP contribution >= 0.6 is 23.2 Å². The number of benzene rings is 1. The minimum absolute atomic E-state index is 0.0115. The van der Waals surface area contributed by atoms with E-state index >= 15 is 0 Å². The van der Waals surface area contributed by atoms with E-state index in [-0.39, 0.29) is 17.7 Å². The third-order valence-electron chi connectivity index (χ3n) is 4.94. The number of halogens is 2. The van der Waals surface area contributed by atoms with E-state index in [1.807, 2.05) is 12.2 Å². The number of rotatable bonds is 3. The highest BCUT2D eigenvalue weighted by Crippen LogP contribution is 2.30. The molecule has 0 aromatic heterocycles. The smallest absolute Gasteiger partial charge is 0.228 e. The van der Waals surface area contributed by atoms with Gasteiger partial charge in [-0.05, 0) is 24.6 Å². The van der Waals surface area contributed by atoms with Crippen molar-refractivity contribution >= 4 is 34.9 Å². The molecule has 2 aliphatic heterocycles. The summed E-state index contributed by atoms with van der Waals surface area (Å²) in [5.74, 6) is -0.0142. The van der Waals surface area contributed by atoms with E-state index < -0.39 is 0 Å². The van der Waals surface area contributed by atoms with Gasteiger partial charge in [-0.25, -0.2) is 0 Å². The summed E-state index contributed by atoms with van der Waals surface area (Å²) in [6.07, 6.45) is 7.26. The second kappa shape index (κ2) is 7.50. The first kappa shape index (κ1) is 18.3. The van der Waals surface area contributed by atoms with E-state index in [4.69, 9.17) is 23.2 Å². The van der Waals surface area contributed by atoms with E-state index in [0.717, 1.165) is 29.9 Å². The van der Waals surface area contributed by atoms with Crippen molar-refractivity contribution in [3.8, 4) is 0 Å². The van der Waals surface area contributed by atoms with E-state index in [2.05, 4.69) is 21.6 Å². The summed E-state index contributed by atoms with van der Waals surface area (Å²) in [6, 6.07) is 4.57. The predicted octanol–water partition coefficient (Wildman–Crippen LogP) is 3.07. The van der Waals surface area contributed by atoms with Gasteiger partial charge in [0.1, 0.15) is 0 Å². The lowest BCUT2D eigenvalue weighted by Gasteiger charge is -2.38. The highest BCUT2D eigenvalue weighted by Gasteiger charge is 2.31. The average Bonchev–Trinajstić information content (AvgIpc) is 2.66. The van der Waals surface area contributed by atoms with Crippen molar-refractivity contribution in [3.63, 3.8) is 0 Å². The van der Waals surface area contributed by atoms with Crippen LogP contribution in [0.1, 0.15) is 23.2 Å². The topological polar surface area (TPSA) is 61.4 Å². The first-order valence-corrected chi connectivity index (χ1v) is 9.66. The van der Waals surface area contributed by atoms with Crippen LogP contribution in [0.25, 0.3) is 0 Å². The Morgan fingerprint density at radius 1 is 1.11 bits per heavy atom. The molecule has 140 valence electrons. The minimum atomic E-state index is -0.345. The molecule has 27 heavy (non-hydrogen) atoms. The number of fused-ring (bicyclic) bond motifs is 1. The number of carbonyl (C=O) groups excluding carboxylic acids is 2. The zero-order valence-electron chi connectivity index (χ0n) is 14.6. The Morgan fingerprint density at radius 3 is 2.67 bits per heavy atom. The van der Waals surface area contributed by atoms with Crippen LogP contribution in [0, 0.1) is 0 Å². The maximum absolute atomic E-state index is 12.9.